The highest BCUT2D eigenvalue weighted by molar-refractivity contribution is 5.97. The normalized spacial score (nSPS) is 17.2. The Morgan fingerprint density at radius 3 is 3.26 bits per heavy atom. The molecule has 0 fully saturated rings. The lowest BCUT2D eigenvalue weighted by molar-refractivity contribution is 0.0764. The van der Waals surface area contributed by atoms with Crippen molar-refractivity contribution in [1.29, 1.82) is 0 Å². The van der Waals surface area contributed by atoms with Crippen molar-refractivity contribution in [3.8, 4) is 0 Å². The summed E-state index contributed by atoms with van der Waals surface area (Å²) in [5.41, 5.74) is 2.47. The highest BCUT2D eigenvalue weighted by Gasteiger charge is 2.22. The van der Waals surface area contributed by atoms with Crippen molar-refractivity contribution in [3.63, 3.8) is 0 Å². The van der Waals surface area contributed by atoms with E-state index in [0.29, 0.717) is 11.5 Å². The van der Waals surface area contributed by atoms with E-state index >= 15 is 0 Å². The molecule has 1 aliphatic heterocycles. The van der Waals surface area contributed by atoms with E-state index in [2.05, 4.69) is 19.5 Å². The number of H-pyrrole nitrogens is 1. The summed E-state index contributed by atoms with van der Waals surface area (Å²) in [5.74, 6) is 1.64. The molecule has 0 bridgehead atoms. The van der Waals surface area contributed by atoms with Crippen molar-refractivity contribution in [2.75, 3.05) is 13.6 Å². The number of hydrogen-bond acceptors (Lipinski definition) is 3. The Morgan fingerprint density at radius 1 is 1.43 bits per heavy atom. The van der Waals surface area contributed by atoms with E-state index in [9.17, 15) is 4.79 Å². The summed E-state index contributed by atoms with van der Waals surface area (Å²) in [6.07, 6.45) is 7.55. The fourth-order valence-electron chi connectivity index (χ4n) is 3.33. The molecule has 0 spiro atoms. The van der Waals surface area contributed by atoms with Crippen LogP contribution in [0.15, 0.2) is 36.9 Å². The zero-order chi connectivity index (χ0) is 15.8. The SMILES string of the molecule is CN(C[C@@H]1CCn2ccnc2C1)C(=O)c1ccc2nc[nH]c2c1. The second kappa shape index (κ2) is 5.53. The minimum Gasteiger partial charge on any atom is -0.345 e. The van der Waals surface area contributed by atoms with Crippen LogP contribution in [0.25, 0.3) is 11.0 Å². The van der Waals surface area contributed by atoms with Gasteiger partial charge < -0.3 is 14.5 Å². The Bertz CT molecular complexity index is 849. The van der Waals surface area contributed by atoms with E-state index in [4.69, 9.17) is 0 Å². The summed E-state index contributed by atoms with van der Waals surface area (Å²) >= 11 is 0. The number of aromatic amines is 1. The lowest BCUT2D eigenvalue weighted by Gasteiger charge is -2.27. The van der Waals surface area contributed by atoms with Crippen LogP contribution in [0.1, 0.15) is 22.6 Å². The lowest BCUT2D eigenvalue weighted by Crippen LogP contribution is -2.35. The number of imidazole rings is 2. The van der Waals surface area contributed by atoms with Crippen LogP contribution in [0.3, 0.4) is 0 Å². The number of aryl methyl sites for hydroxylation is 1. The summed E-state index contributed by atoms with van der Waals surface area (Å²) < 4.78 is 2.20. The maximum atomic E-state index is 12.7. The molecule has 6 heteroatoms. The third-order valence-electron chi connectivity index (χ3n) is 4.60. The van der Waals surface area contributed by atoms with Gasteiger partial charge in [-0.3, -0.25) is 4.79 Å². The molecule has 23 heavy (non-hydrogen) atoms. The van der Waals surface area contributed by atoms with E-state index in [1.807, 2.05) is 42.5 Å². The Balaban J connectivity index is 1.46. The lowest BCUT2D eigenvalue weighted by atomic mass is 9.97. The quantitative estimate of drug-likeness (QED) is 0.805. The van der Waals surface area contributed by atoms with Crippen molar-refractivity contribution < 1.29 is 4.79 Å². The smallest absolute Gasteiger partial charge is 0.253 e. The zero-order valence-corrected chi connectivity index (χ0v) is 13.1. The summed E-state index contributed by atoms with van der Waals surface area (Å²) in [6, 6.07) is 5.59. The predicted molar refractivity (Wildman–Crippen MR) is 87.1 cm³/mol. The van der Waals surface area contributed by atoms with E-state index in [0.717, 1.165) is 42.8 Å². The average Bonchev–Trinajstić information content (AvgIpc) is 3.21. The van der Waals surface area contributed by atoms with Crippen molar-refractivity contribution in [2.24, 2.45) is 5.92 Å². The number of rotatable bonds is 3. The molecule has 4 rings (SSSR count). The van der Waals surface area contributed by atoms with Gasteiger partial charge in [-0.05, 0) is 30.5 Å². The van der Waals surface area contributed by atoms with Gasteiger partial charge in [0.15, 0.2) is 0 Å². The first-order valence-corrected chi connectivity index (χ1v) is 7.89. The third-order valence-corrected chi connectivity index (χ3v) is 4.60. The monoisotopic (exact) mass is 309 g/mol. The molecule has 0 aliphatic carbocycles. The topological polar surface area (TPSA) is 66.8 Å². The second-order valence-electron chi connectivity index (χ2n) is 6.22. The minimum atomic E-state index is 0.0513. The van der Waals surface area contributed by atoms with Crippen LogP contribution in [0.2, 0.25) is 0 Å². The summed E-state index contributed by atoms with van der Waals surface area (Å²) in [5, 5.41) is 0. The Labute approximate surface area is 134 Å². The summed E-state index contributed by atoms with van der Waals surface area (Å²) in [6.45, 7) is 1.74. The molecule has 1 atom stereocenters. The molecular weight excluding hydrogens is 290 g/mol. The number of hydrogen-bond donors (Lipinski definition) is 1. The number of nitrogens with one attached hydrogen (secondary N) is 1. The fraction of sp³-hybridized carbons (Fsp3) is 0.353. The third kappa shape index (κ3) is 2.60. The summed E-state index contributed by atoms with van der Waals surface area (Å²) in [4.78, 5) is 26.1. The van der Waals surface area contributed by atoms with E-state index in [1.165, 1.54) is 0 Å². The van der Waals surface area contributed by atoms with Crippen LogP contribution in [-0.2, 0) is 13.0 Å². The molecule has 1 aromatic carbocycles. The van der Waals surface area contributed by atoms with Gasteiger partial charge in [0, 0.05) is 44.5 Å². The number of aromatic nitrogens is 4. The average molecular weight is 309 g/mol. The van der Waals surface area contributed by atoms with Crippen LogP contribution in [-0.4, -0.2) is 43.9 Å². The van der Waals surface area contributed by atoms with Crippen LogP contribution in [0, 0.1) is 5.92 Å². The van der Waals surface area contributed by atoms with Gasteiger partial charge in [-0.15, -0.1) is 0 Å². The van der Waals surface area contributed by atoms with Crippen molar-refractivity contribution in [3.05, 3.63) is 48.3 Å². The molecule has 1 amide bonds. The number of carbonyl (C=O) groups is 1. The van der Waals surface area contributed by atoms with Crippen molar-refractivity contribution >= 4 is 16.9 Å². The molecule has 6 nitrogen and oxygen atoms in total. The highest BCUT2D eigenvalue weighted by atomic mass is 16.2. The molecule has 0 unspecified atom stereocenters. The molecule has 1 N–H and O–H groups in total. The minimum absolute atomic E-state index is 0.0513. The van der Waals surface area contributed by atoms with Gasteiger partial charge in [0.05, 0.1) is 17.4 Å². The molecule has 2 aromatic heterocycles. The van der Waals surface area contributed by atoms with E-state index in [1.54, 1.807) is 6.33 Å². The van der Waals surface area contributed by atoms with Gasteiger partial charge in [0.25, 0.3) is 5.91 Å². The number of fused-ring (bicyclic) bond motifs is 2. The molecule has 3 aromatic rings. The standard InChI is InChI=1S/C17H19N5O/c1-21(10-12-4-6-22-7-5-18-16(22)8-12)17(23)13-2-3-14-15(9-13)20-11-19-14/h2-3,5,7,9,11-12H,4,6,8,10H2,1H3,(H,19,20)/t12-/m1/s1. The number of benzene rings is 1. The molecule has 0 saturated carbocycles. The van der Waals surface area contributed by atoms with Gasteiger partial charge in [0.1, 0.15) is 5.82 Å². The number of carbonyl (C=O) groups excluding carboxylic acids is 1. The first-order valence-electron chi connectivity index (χ1n) is 7.89. The molecule has 0 saturated heterocycles. The van der Waals surface area contributed by atoms with Gasteiger partial charge in [0.2, 0.25) is 0 Å². The van der Waals surface area contributed by atoms with Crippen molar-refractivity contribution in [2.45, 2.75) is 19.4 Å². The van der Waals surface area contributed by atoms with Crippen LogP contribution >= 0.6 is 0 Å². The Kier molecular flexibility index (Phi) is 3.37. The summed E-state index contributed by atoms with van der Waals surface area (Å²) in [7, 11) is 1.88. The molecule has 118 valence electrons. The van der Waals surface area contributed by atoms with Gasteiger partial charge in [-0.2, -0.15) is 0 Å². The van der Waals surface area contributed by atoms with E-state index < -0.39 is 0 Å². The zero-order valence-electron chi connectivity index (χ0n) is 13.1. The molecule has 3 heterocycles. The first-order chi connectivity index (χ1) is 11.2. The van der Waals surface area contributed by atoms with Crippen molar-refractivity contribution in [1.82, 2.24) is 24.4 Å². The van der Waals surface area contributed by atoms with Crippen LogP contribution in [0.5, 0.6) is 0 Å². The molecular formula is C17H19N5O. The fourth-order valence-corrected chi connectivity index (χ4v) is 3.33. The maximum Gasteiger partial charge on any atom is 0.253 e. The molecule has 1 aliphatic rings. The van der Waals surface area contributed by atoms with Gasteiger partial charge in [-0.1, -0.05) is 0 Å². The van der Waals surface area contributed by atoms with Gasteiger partial charge >= 0.3 is 0 Å². The number of amides is 1. The predicted octanol–water partition coefficient (Wildman–Crippen LogP) is 2.09. The largest absolute Gasteiger partial charge is 0.345 e. The Morgan fingerprint density at radius 2 is 2.35 bits per heavy atom. The maximum absolute atomic E-state index is 12.7. The highest BCUT2D eigenvalue weighted by Crippen LogP contribution is 2.21. The Hall–Kier alpha value is -2.63. The first kappa shape index (κ1) is 14.0. The molecule has 0 radical (unpaired) electrons. The van der Waals surface area contributed by atoms with Crippen LogP contribution < -0.4 is 0 Å². The number of nitrogens with zero attached hydrogens (tertiary/aromatic N) is 4. The second-order valence-corrected chi connectivity index (χ2v) is 6.22. The van der Waals surface area contributed by atoms with Gasteiger partial charge in [-0.25, -0.2) is 9.97 Å². The van der Waals surface area contributed by atoms with E-state index in [-0.39, 0.29) is 5.91 Å². The van der Waals surface area contributed by atoms with Crippen LogP contribution in [0.4, 0.5) is 0 Å².